The molecule has 1 rings (SSSR count). The van der Waals surface area contributed by atoms with E-state index in [1.807, 2.05) is 0 Å². The maximum absolute atomic E-state index is 13.5. The van der Waals surface area contributed by atoms with E-state index in [0.717, 1.165) is 26.2 Å². The van der Waals surface area contributed by atoms with E-state index in [1.54, 1.807) is 0 Å². The second-order valence-electron chi connectivity index (χ2n) is 3.11. The molecular formula is C10H8FNO6. The lowest BCUT2D eigenvalue weighted by Crippen LogP contribution is -2.12. The van der Waals surface area contributed by atoms with Crippen LogP contribution in [0, 0.1) is 15.9 Å². The number of rotatable bonds is 3. The quantitative estimate of drug-likeness (QED) is 0.352. The molecule has 0 unspecified atom stereocenters. The summed E-state index contributed by atoms with van der Waals surface area (Å²) in [6.45, 7) is 0.968. The number of halogens is 1. The average molecular weight is 257 g/mol. The Bertz CT molecular complexity index is 527. The Morgan fingerprint density at radius 1 is 1.39 bits per heavy atom. The van der Waals surface area contributed by atoms with Gasteiger partial charge >= 0.3 is 17.6 Å². The summed E-state index contributed by atoms with van der Waals surface area (Å²) in [7, 11) is 0.970. The van der Waals surface area contributed by atoms with Gasteiger partial charge in [-0.05, 0) is 6.07 Å². The van der Waals surface area contributed by atoms with Crippen molar-refractivity contribution in [3.63, 3.8) is 0 Å². The van der Waals surface area contributed by atoms with Crippen LogP contribution >= 0.6 is 0 Å². The second-order valence-corrected chi connectivity index (χ2v) is 3.11. The van der Waals surface area contributed by atoms with E-state index in [1.165, 1.54) is 0 Å². The van der Waals surface area contributed by atoms with Crippen molar-refractivity contribution in [2.45, 2.75) is 6.92 Å². The molecule has 0 aromatic heterocycles. The molecule has 1 aromatic carbocycles. The molecule has 0 aliphatic heterocycles. The molecule has 1 aromatic rings. The van der Waals surface area contributed by atoms with E-state index in [4.69, 9.17) is 0 Å². The van der Waals surface area contributed by atoms with Gasteiger partial charge in [-0.1, -0.05) is 0 Å². The molecule has 0 amide bonds. The van der Waals surface area contributed by atoms with Crippen LogP contribution in [0.4, 0.5) is 10.1 Å². The van der Waals surface area contributed by atoms with E-state index in [0.29, 0.717) is 0 Å². The Labute approximate surface area is 100 Å². The molecule has 0 aliphatic carbocycles. The highest BCUT2D eigenvalue weighted by atomic mass is 19.1. The van der Waals surface area contributed by atoms with E-state index >= 15 is 0 Å². The van der Waals surface area contributed by atoms with Gasteiger partial charge in [0.25, 0.3) is 0 Å². The highest BCUT2D eigenvalue weighted by molar-refractivity contribution is 5.95. The van der Waals surface area contributed by atoms with Gasteiger partial charge < -0.3 is 9.47 Å². The Kier molecular flexibility index (Phi) is 3.93. The van der Waals surface area contributed by atoms with Crippen LogP contribution in [0.5, 0.6) is 5.75 Å². The molecule has 96 valence electrons. The predicted molar refractivity (Wildman–Crippen MR) is 55.7 cm³/mol. The standard InChI is InChI=1S/C10H8FNO6/c1-5(13)18-9-7(12(15)16)4-3-6(11)8(9)10(14)17-2/h3-4H,1-2H3. The molecule has 0 atom stereocenters. The minimum atomic E-state index is -1.17. The Hall–Kier alpha value is -2.51. The lowest BCUT2D eigenvalue weighted by atomic mass is 10.1. The van der Waals surface area contributed by atoms with Crippen LogP contribution in [0.1, 0.15) is 17.3 Å². The monoisotopic (exact) mass is 257 g/mol. The van der Waals surface area contributed by atoms with Crippen molar-refractivity contribution < 1.29 is 28.4 Å². The maximum Gasteiger partial charge on any atom is 0.344 e. The fraction of sp³-hybridized carbons (Fsp3) is 0.200. The van der Waals surface area contributed by atoms with E-state index < -0.39 is 39.7 Å². The second kappa shape index (κ2) is 5.21. The molecule has 0 radical (unpaired) electrons. The van der Waals surface area contributed by atoms with Gasteiger partial charge in [0.15, 0.2) is 0 Å². The number of hydrogen-bond donors (Lipinski definition) is 0. The molecule has 8 heteroatoms. The van der Waals surface area contributed by atoms with Crippen molar-refractivity contribution in [3.05, 3.63) is 33.6 Å². The summed E-state index contributed by atoms with van der Waals surface area (Å²) < 4.78 is 22.3. The SMILES string of the molecule is COC(=O)c1c(F)ccc([N+](=O)[O-])c1OC(C)=O. The van der Waals surface area contributed by atoms with Crippen LogP contribution in [0.25, 0.3) is 0 Å². The predicted octanol–water partition coefficient (Wildman–Crippen LogP) is 1.45. The first kappa shape index (κ1) is 13.6. The summed E-state index contributed by atoms with van der Waals surface area (Å²) in [5.41, 5.74) is -1.49. The van der Waals surface area contributed by atoms with Gasteiger partial charge in [-0.3, -0.25) is 14.9 Å². The molecule has 7 nitrogen and oxygen atoms in total. The molecule has 0 fully saturated rings. The normalized spacial score (nSPS) is 9.72. The first-order chi connectivity index (χ1) is 8.38. The molecule has 0 bridgehead atoms. The van der Waals surface area contributed by atoms with Crippen LogP contribution < -0.4 is 4.74 Å². The van der Waals surface area contributed by atoms with Crippen molar-refractivity contribution >= 4 is 17.6 Å². The number of carbonyl (C=O) groups excluding carboxylic acids is 2. The number of nitrogens with zero attached hydrogens (tertiary/aromatic N) is 1. The van der Waals surface area contributed by atoms with Gasteiger partial charge in [-0.25, -0.2) is 9.18 Å². The molecule has 0 heterocycles. The van der Waals surface area contributed by atoms with Crippen LogP contribution in [-0.4, -0.2) is 24.0 Å². The van der Waals surface area contributed by atoms with Gasteiger partial charge in [-0.2, -0.15) is 0 Å². The zero-order valence-electron chi connectivity index (χ0n) is 9.43. The van der Waals surface area contributed by atoms with Crippen LogP contribution in [0.2, 0.25) is 0 Å². The van der Waals surface area contributed by atoms with Gasteiger partial charge in [0.05, 0.1) is 12.0 Å². The fourth-order valence-corrected chi connectivity index (χ4v) is 1.23. The first-order valence-corrected chi connectivity index (χ1v) is 4.62. The van der Waals surface area contributed by atoms with Crippen molar-refractivity contribution in [3.8, 4) is 5.75 Å². The molecule has 0 saturated heterocycles. The van der Waals surface area contributed by atoms with Crippen LogP contribution in [0.15, 0.2) is 12.1 Å². The van der Waals surface area contributed by atoms with Crippen molar-refractivity contribution in [1.82, 2.24) is 0 Å². The zero-order valence-corrected chi connectivity index (χ0v) is 9.43. The summed E-state index contributed by atoms with van der Waals surface area (Å²) in [6, 6.07) is 1.51. The van der Waals surface area contributed by atoms with Gasteiger partial charge in [-0.15, -0.1) is 0 Å². The summed E-state index contributed by atoms with van der Waals surface area (Å²) in [6.07, 6.45) is 0. The average Bonchev–Trinajstić information content (AvgIpc) is 2.27. The molecule has 18 heavy (non-hydrogen) atoms. The Morgan fingerprint density at radius 2 is 2.00 bits per heavy atom. The van der Waals surface area contributed by atoms with Crippen molar-refractivity contribution in [2.24, 2.45) is 0 Å². The number of nitro benzene ring substituents is 1. The summed E-state index contributed by atoms with van der Waals surface area (Å²) >= 11 is 0. The van der Waals surface area contributed by atoms with E-state index in [2.05, 4.69) is 9.47 Å². The molecule has 0 aliphatic rings. The Balaban J connectivity index is 3.54. The van der Waals surface area contributed by atoms with Crippen LogP contribution in [0.3, 0.4) is 0 Å². The molecule has 0 saturated carbocycles. The summed E-state index contributed by atoms with van der Waals surface area (Å²) in [5.74, 6) is -3.94. The number of esters is 2. The van der Waals surface area contributed by atoms with Crippen LogP contribution in [-0.2, 0) is 9.53 Å². The number of benzene rings is 1. The fourth-order valence-electron chi connectivity index (χ4n) is 1.23. The lowest BCUT2D eigenvalue weighted by Gasteiger charge is -2.08. The van der Waals surface area contributed by atoms with Gasteiger partial charge in [0.1, 0.15) is 11.4 Å². The smallest absolute Gasteiger partial charge is 0.344 e. The summed E-state index contributed by atoms with van der Waals surface area (Å²) in [5, 5.41) is 10.7. The minimum Gasteiger partial charge on any atom is -0.465 e. The zero-order chi connectivity index (χ0) is 13.9. The molecule has 0 N–H and O–H groups in total. The topological polar surface area (TPSA) is 95.7 Å². The highest BCUT2D eigenvalue weighted by Gasteiger charge is 2.29. The Morgan fingerprint density at radius 3 is 2.44 bits per heavy atom. The van der Waals surface area contributed by atoms with E-state index in [9.17, 15) is 24.1 Å². The minimum absolute atomic E-state index is 0.702. The number of carbonyl (C=O) groups is 2. The maximum atomic E-state index is 13.5. The highest BCUT2D eigenvalue weighted by Crippen LogP contribution is 2.33. The first-order valence-electron chi connectivity index (χ1n) is 4.62. The lowest BCUT2D eigenvalue weighted by molar-refractivity contribution is -0.385. The third kappa shape index (κ3) is 2.59. The van der Waals surface area contributed by atoms with E-state index in [-0.39, 0.29) is 0 Å². The summed E-state index contributed by atoms with van der Waals surface area (Å²) in [4.78, 5) is 32.0. The van der Waals surface area contributed by atoms with Crippen molar-refractivity contribution in [2.75, 3.05) is 7.11 Å². The third-order valence-corrected chi connectivity index (χ3v) is 1.92. The number of nitro groups is 1. The van der Waals surface area contributed by atoms with Crippen molar-refractivity contribution in [1.29, 1.82) is 0 Å². The van der Waals surface area contributed by atoms with Gasteiger partial charge in [0.2, 0.25) is 5.75 Å². The van der Waals surface area contributed by atoms with Gasteiger partial charge in [0, 0.05) is 13.0 Å². The largest absolute Gasteiger partial charge is 0.465 e. The molecule has 0 spiro atoms. The number of methoxy groups -OCH3 is 1. The third-order valence-electron chi connectivity index (χ3n) is 1.92. The number of hydrogen-bond acceptors (Lipinski definition) is 6. The number of ether oxygens (including phenoxy) is 2. The molecular weight excluding hydrogens is 249 g/mol.